The van der Waals surface area contributed by atoms with Crippen LogP contribution in [0, 0.1) is 0 Å². The molecule has 0 amide bonds. The lowest BCUT2D eigenvalue weighted by Crippen LogP contribution is -1.99. The van der Waals surface area contributed by atoms with Gasteiger partial charge in [0.2, 0.25) is 0 Å². The molecule has 0 aliphatic heterocycles. The molecule has 1 aromatic carbocycles. The monoisotopic (exact) mass is 252 g/mol. The van der Waals surface area contributed by atoms with Gasteiger partial charge in [0.1, 0.15) is 17.2 Å². The van der Waals surface area contributed by atoms with E-state index in [2.05, 4.69) is 0 Å². The summed E-state index contributed by atoms with van der Waals surface area (Å²) in [5.74, 6) is 0.572. The zero-order valence-corrected chi connectivity index (χ0v) is 10.8. The smallest absolute Gasteiger partial charge is 0.331 e. The van der Waals surface area contributed by atoms with Crippen molar-refractivity contribution in [1.29, 1.82) is 0 Å². The van der Waals surface area contributed by atoms with Gasteiger partial charge in [0.05, 0.1) is 26.9 Å². The lowest BCUT2D eigenvalue weighted by molar-refractivity contribution is -0.132. The molecule has 0 atom stereocenters. The summed E-state index contributed by atoms with van der Waals surface area (Å²) >= 11 is 0. The summed E-state index contributed by atoms with van der Waals surface area (Å²) < 4.78 is 15.5. The number of carbonyl (C=O) groups is 1. The second-order valence-corrected chi connectivity index (χ2v) is 3.58. The standard InChI is InChI=1S/C13H16O5/c1-8(13(14)15)5-10-11(17-3)6-9(16-2)7-12(10)18-4/h5-7H,1-4H3,(H,14,15)/b8-5+. The summed E-state index contributed by atoms with van der Waals surface area (Å²) in [6, 6.07) is 3.34. The van der Waals surface area contributed by atoms with Crippen LogP contribution in [0.2, 0.25) is 0 Å². The quantitative estimate of drug-likeness (QED) is 0.814. The highest BCUT2D eigenvalue weighted by Crippen LogP contribution is 2.35. The van der Waals surface area contributed by atoms with Gasteiger partial charge in [-0.05, 0) is 13.0 Å². The molecule has 1 rings (SSSR count). The van der Waals surface area contributed by atoms with Crippen LogP contribution in [-0.4, -0.2) is 32.4 Å². The van der Waals surface area contributed by atoms with Crippen molar-refractivity contribution in [3.05, 3.63) is 23.3 Å². The Hall–Kier alpha value is -2.17. The van der Waals surface area contributed by atoms with E-state index in [-0.39, 0.29) is 5.57 Å². The molecule has 0 bridgehead atoms. The van der Waals surface area contributed by atoms with Crippen LogP contribution in [0.1, 0.15) is 12.5 Å². The highest BCUT2D eigenvalue weighted by molar-refractivity contribution is 5.92. The van der Waals surface area contributed by atoms with Crippen LogP contribution >= 0.6 is 0 Å². The number of rotatable bonds is 5. The summed E-state index contributed by atoms with van der Waals surface area (Å²) in [4.78, 5) is 10.9. The van der Waals surface area contributed by atoms with Gasteiger partial charge in [-0.2, -0.15) is 0 Å². The van der Waals surface area contributed by atoms with E-state index in [1.165, 1.54) is 34.3 Å². The number of ether oxygens (including phenoxy) is 3. The van der Waals surface area contributed by atoms with Crippen LogP contribution in [0.5, 0.6) is 17.2 Å². The molecule has 1 N–H and O–H groups in total. The molecule has 0 aromatic heterocycles. The Morgan fingerprint density at radius 1 is 1.11 bits per heavy atom. The van der Waals surface area contributed by atoms with Crippen molar-refractivity contribution in [2.75, 3.05) is 21.3 Å². The summed E-state index contributed by atoms with van der Waals surface area (Å²) in [5, 5.41) is 8.90. The Morgan fingerprint density at radius 2 is 1.61 bits per heavy atom. The summed E-state index contributed by atoms with van der Waals surface area (Å²) in [7, 11) is 4.54. The van der Waals surface area contributed by atoms with E-state index in [9.17, 15) is 4.79 Å². The molecule has 0 saturated heterocycles. The topological polar surface area (TPSA) is 65.0 Å². The molecule has 0 fully saturated rings. The molecular weight excluding hydrogens is 236 g/mol. The normalized spacial score (nSPS) is 11.0. The van der Waals surface area contributed by atoms with Crippen molar-refractivity contribution in [3.8, 4) is 17.2 Å². The first-order chi connectivity index (χ1) is 8.53. The number of methoxy groups -OCH3 is 3. The second-order valence-electron chi connectivity index (χ2n) is 3.58. The zero-order chi connectivity index (χ0) is 13.7. The first-order valence-corrected chi connectivity index (χ1v) is 5.25. The van der Waals surface area contributed by atoms with Crippen molar-refractivity contribution < 1.29 is 24.1 Å². The largest absolute Gasteiger partial charge is 0.496 e. The Balaban J connectivity index is 3.40. The van der Waals surface area contributed by atoms with Gasteiger partial charge >= 0.3 is 5.97 Å². The molecule has 0 radical (unpaired) electrons. The van der Waals surface area contributed by atoms with Crippen molar-refractivity contribution in [2.24, 2.45) is 0 Å². The number of hydrogen-bond donors (Lipinski definition) is 1. The number of carboxylic acids is 1. The Kier molecular flexibility index (Phi) is 4.59. The van der Waals surface area contributed by atoms with E-state index >= 15 is 0 Å². The molecule has 0 unspecified atom stereocenters. The van der Waals surface area contributed by atoms with Crippen LogP contribution in [0.3, 0.4) is 0 Å². The van der Waals surface area contributed by atoms with Crippen LogP contribution in [0.25, 0.3) is 6.08 Å². The van der Waals surface area contributed by atoms with Crippen molar-refractivity contribution >= 4 is 12.0 Å². The molecule has 0 saturated carbocycles. The van der Waals surface area contributed by atoms with E-state index in [1.807, 2.05) is 0 Å². The lowest BCUT2D eigenvalue weighted by atomic mass is 10.1. The number of carboxylic acid groups (broad SMARTS) is 1. The maximum absolute atomic E-state index is 10.9. The van der Waals surface area contributed by atoms with Crippen LogP contribution in [0.4, 0.5) is 0 Å². The summed E-state index contributed by atoms with van der Waals surface area (Å²) in [5.41, 5.74) is 0.762. The Bertz CT molecular complexity index is 451. The minimum atomic E-state index is -0.991. The van der Waals surface area contributed by atoms with E-state index in [0.29, 0.717) is 22.8 Å². The van der Waals surface area contributed by atoms with Crippen molar-refractivity contribution in [2.45, 2.75) is 6.92 Å². The third kappa shape index (κ3) is 2.94. The first kappa shape index (κ1) is 13.9. The highest BCUT2D eigenvalue weighted by atomic mass is 16.5. The molecule has 0 aliphatic carbocycles. The average molecular weight is 252 g/mol. The fourth-order valence-corrected chi connectivity index (χ4v) is 1.45. The predicted octanol–water partition coefficient (Wildman–Crippen LogP) is 2.20. The molecular formula is C13H16O5. The molecule has 5 heteroatoms. The fraction of sp³-hybridized carbons (Fsp3) is 0.308. The Morgan fingerprint density at radius 3 is 1.94 bits per heavy atom. The Labute approximate surface area is 106 Å². The highest BCUT2D eigenvalue weighted by Gasteiger charge is 2.12. The van der Waals surface area contributed by atoms with Gasteiger partial charge in [-0.25, -0.2) is 4.79 Å². The van der Waals surface area contributed by atoms with E-state index < -0.39 is 5.97 Å². The number of aliphatic carboxylic acids is 1. The van der Waals surface area contributed by atoms with Gasteiger partial charge in [0.15, 0.2) is 0 Å². The first-order valence-electron chi connectivity index (χ1n) is 5.25. The van der Waals surface area contributed by atoms with E-state index in [0.717, 1.165) is 0 Å². The number of benzene rings is 1. The molecule has 5 nitrogen and oxygen atoms in total. The third-order valence-electron chi connectivity index (χ3n) is 2.45. The minimum absolute atomic E-state index is 0.191. The van der Waals surface area contributed by atoms with Gasteiger partial charge in [0, 0.05) is 17.7 Å². The minimum Gasteiger partial charge on any atom is -0.496 e. The molecule has 18 heavy (non-hydrogen) atoms. The van der Waals surface area contributed by atoms with Crippen LogP contribution < -0.4 is 14.2 Å². The van der Waals surface area contributed by atoms with Crippen molar-refractivity contribution in [1.82, 2.24) is 0 Å². The SMILES string of the molecule is COc1cc(OC)c(/C=C(\C)C(=O)O)c(OC)c1. The van der Waals surface area contributed by atoms with Crippen molar-refractivity contribution in [3.63, 3.8) is 0 Å². The van der Waals surface area contributed by atoms with Gasteiger partial charge in [-0.3, -0.25) is 0 Å². The lowest BCUT2D eigenvalue weighted by Gasteiger charge is -2.12. The van der Waals surface area contributed by atoms with Gasteiger partial charge in [0.25, 0.3) is 0 Å². The predicted molar refractivity (Wildman–Crippen MR) is 67.4 cm³/mol. The summed E-state index contributed by atoms with van der Waals surface area (Å²) in [6.45, 7) is 1.51. The maximum Gasteiger partial charge on any atom is 0.331 e. The van der Waals surface area contributed by atoms with Gasteiger partial charge < -0.3 is 19.3 Å². The van der Waals surface area contributed by atoms with Gasteiger partial charge in [-0.1, -0.05) is 0 Å². The molecule has 98 valence electrons. The summed E-state index contributed by atoms with van der Waals surface area (Å²) in [6.07, 6.45) is 1.50. The molecule has 0 heterocycles. The molecule has 1 aromatic rings. The fourth-order valence-electron chi connectivity index (χ4n) is 1.45. The second kappa shape index (κ2) is 5.95. The molecule has 0 spiro atoms. The number of hydrogen-bond acceptors (Lipinski definition) is 4. The zero-order valence-electron chi connectivity index (χ0n) is 10.8. The molecule has 0 aliphatic rings. The van der Waals surface area contributed by atoms with E-state index in [1.54, 1.807) is 12.1 Å². The maximum atomic E-state index is 10.9. The average Bonchev–Trinajstić information content (AvgIpc) is 2.38. The van der Waals surface area contributed by atoms with Crippen LogP contribution in [-0.2, 0) is 4.79 Å². The van der Waals surface area contributed by atoms with Gasteiger partial charge in [-0.15, -0.1) is 0 Å². The third-order valence-corrected chi connectivity index (χ3v) is 2.45. The van der Waals surface area contributed by atoms with E-state index in [4.69, 9.17) is 19.3 Å². The van der Waals surface area contributed by atoms with Crippen LogP contribution in [0.15, 0.2) is 17.7 Å².